The molecular weight excluding hydrogens is 230 g/mol. The number of hydrogen-bond donors (Lipinski definition) is 2. The number of anilines is 2. The van der Waals surface area contributed by atoms with Crippen molar-refractivity contribution in [1.82, 2.24) is 4.98 Å². The average molecular weight is 251 g/mol. The third kappa shape index (κ3) is 3.61. The first-order valence-corrected chi connectivity index (χ1v) is 6.01. The fraction of sp³-hybridized carbons (Fsp3) is 0.538. The highest BCUT2D eigenvalue weighted by Gasteiger charge is 2.21. The summed E-state index contributed by atoms with van der Waals surface area (Å²) in [6, 6.07) is 1.41. The number of nitrogens with two attached hydrogens (primary N) is 1. The third-order valence-electron chi connectivity index (χ3n) is 2.71. The van der Waals surface area contributed by atoms with Crippen LogP contribution in [0.15, 0.2) is 12.3 Å². The summed E-state index contributed by atoms with van der Waals surface area (Å²) in [6.07, 6.45) is 2.33. The van der Waals surface area contributed by atoms with Crippen LogP contribution >= 0.6 is 0 Å². The molecule has 0 bridgehead atoms. The van der Waals surface area contributed by atoms with E-state index in [-0.39, 0.29) is 5.97 Å². The summed E-state index contributed by atoms with van der Waals surface area (Å²) in [5.41, 5.74) is 7.42. The van der Waals surface area contributed by atoms with Crippen molar-refractivity contribution >= 4 is 17.5 Å². The van der Waals surface area contributed by atoms with E-state index < -0.39 is 6.04 Å². The lowest BCUT2D eigenvalue weighted by atomic mass is 10.0. The lowest BCUT2D eigenvalue weighted by Crippen LogP contribution is -2.32. The summed E-state index contributed by atoms with van der Waals surface area (Å²) < 4.78 is 4.79. The minimum absolute atomic E-state index is 0.300. The molecule has 5 nitrogen and oxygen atoms in total. The Hall–Kier alpha value is -1.78. The van der Waals surface area contributed by atoms with E-state index in [0.717, 1.165) is 5.56 Å². The van der Waals surface area contributed by atoms with Crippen molar-refractivity contribution in [2.45, 2.75) is 33.2 Å². The quantitative estimate of drug-likeness (QED) is 0.782. The minimum atomic E-state index is -0.424. The molecule has 3 N–H and O–H groups in total. The first kappa shape index (κ1) is 14.3. The van der Waals surface area contributed by atoms with Crippen LogP contribution in [0.2, 0.25) is 0 Å². The largest absolute Gasteiger partial charge is 0.467 e. The number of nitrogen functional groups attached to an aromatic ring is 1. The maximum atomic E-state index is 11.7. The van der Waals surface area contributed by atoms with E-state index in [1.54, 1.807) is 6.20 Å². The predicted molar refractivity (Wildman–Crippen MR) is 72.3 cm³/mol. The number of ether oxygens (including phenoxy) is 1. The molecule has 0 fully saturated rings. The Bertz CT molecular complexity index is 419. The van der Waals surface area contributed by atoms with Crippen molar-refractivity contribution in [3.8, 4) is 0 Å². The molecule has 1 heterocycles. The zero-order chi connectivity index (χ0) is 13.7. The number of methoxy groups -OCH3 is 1. The van der Waals surface area contributed by atoms with Crippen molar-refractivity contribution in [2.75, 3.05) is 18.2 Å². The SMILES string of the molecule is COC(=O)C(CC(C)C)Nc1nccc(C)c1N. The predicted octanol–water partition coefficient (Wildman–Crippen LogP) is 1.97. The normalized spacial score (nSPS) is 12.3. The van der Waals surface area contributed by atoms with E-state index in [1.807, 2.05) is 26.8 Å². The van der Waals surface area contributed by atoms with E-state index in [0.29, 0.717) is 23.8 Å². The summed E-state index contributed by atoms with van der Waals surface area (Å²) in [4.78, 5) is 15.9. The van der Waals surface area contributed by atoms with Gasteiger partial charge in [0.05, 0.1) is 12.8 Å². The zero-order valence-electron chi connectivity index (χ0n) is 11.4. The Balaban J connectivity index is 2.88. The van der Waals surface area contributed by atoms with Crippen molar-refractivity contribution in [2.24, 2.45) is 5.92 Å². The molecule has 1 rings (SSSR count). The highest BCUT2D eigenvalue weighted by Crippen LogP contribution is 2.21. The maximum Gasteiger partial charge on any atom is 0.328 e. The number of carbonyl (C=O) groups excluding carboxylic acids is 1. The Morgan fingerprint density at radius 3 is 2.78 bits per heavy atom. The van der Waals surface area contributed by atoms with Gasteiger partial charge in [0.2, 0.25) is 0 Å². The van der Waals surface area contributed by atoms with E-state index in [1.165, 1.54) is 7.11 Å². The van der Waals surface area contributed by atoms with Crippen LogP contribution < -0.4 is 11.1 Å². The number of rotatable bonds is 5. The highest BCUT2D eigenvalue weighted by atomic mass is 16.5. The van der Waals surface area contributed by atoms with Gasteiger partial charge in [0.25, 0.3) is 0 Å². The lowest BCUT2D eigenvalue weighted by molar-refractivity contribution is -0.141. The first-order valence-electron chi connectivity index (χ1n) is 6.01. The van der Waals surface area contributed by atoms with Crippen LogP contribution in [0, 0.1) is 12.8 Å². The van der Waals surface area contributed by atoms with Gasteiger partial charge in [0, 0.05) is 6.20 Å². The van der Waals surface area contributed by atoms with Crippen LogP contribution in [0.5, 0.6) is 0 Å². The van der Waals surface area contributed by atoms with Gasteiger partial charge in [0.1, 0.15) is 11.9 Å². The Morgan fingerprint density at radius 1 is 1.56 bits per heavy atom. The zero-order valence-corrected chi connectivity index (χ0v) is 11.4. The van der Waals surface area contributed by atoms with Gasteiger partial charge in [-0.2, -0.15) is 0 Å². The van der Waals surface area contributed by atoms with Gasteiger partial charge in [-0.1, -0.05) is 13.8 Å². The topological polar surface area (TPSA) is 77.2 Å². The van der Waals surface area contributed by atoms with Crippen LogP contribution in [0.25, 0.3) is 0 Å². The lowest BCUT2D eigenvalue weighted by Gasteiger charge is -2.20. The van der Waals surface area contributed by atoms with Crippen LogP contribution in [0.1, 0.15) is 25.8 Å². The Morgan fingerprint density at radius 2 is 2.22 bits per heavy atom. The molecule has 0 aliphatic rings. The van der Waals surface area contributed by atoms with E-state index in [2.05, 4.69) is 10.3 Å². The van der Waals surface area contributed by atoms with Crippen molar-refractivity contribution in [1.29, 1.82) is 0 Å². The highest BCUT2D eigenvalue weighted by molar-refractivity contribution is 5.80. The number of nitrogens with zero attached hydrogens (tertiary/aromatic N) is 1. The molecule has 0 saturated carbocycles. The van der Waals surface area contributed by atoms with Gasteiger partial charge in [-0.3, -0.25) is 0 Å². The molecule has 1 atom stereocenters. The third-order valence-corrected chi connectivity index (χ3v) is 2.71. The molecule has 0 saturated heterocycles. The summed E-state index contributed by atoms with van der Waals surface area (Å²) in [5.74, 6) is 0.602. The molecule has 0 radical (unpaired) electrons. The number of aryl methyl sites for hydroxylation is 1. The second kappa shape index (κ2) is 6.23. The number of hydrogen-bond acceptors (Lipinski definition) is 5. The van der Waals surface area contributed by atoms with Gasteiger partial charge in [-0.15, -0.1) is 0 Å². The standard InChI is InChI=1S/C13H21N3O2/c1-8(2)7-10(13(17)18-4)16-12-11(14)9(3)5-6-15-12/h5-6,8,10H,7,14H2,1-4H3,(H,15,16). The molecule has 100 valence electrons. The van der Waals surface area contributed by atoms with Crippen molar-refractivity contribution in [3.05, 3.63) is 17.8 Å². The molecule has 0 spiro atoms. The molecule has 5 heteroatoms. The molecule has 0 aliphatic heterocycles. The fourth-order valence-electron chi connectivity index (χ4n) is 1.68. The molecule has 1 unspecified atom stereocenters. The number of carbonyl (C=O) groups is 1. The van der Waals surface area contributed by atoms with Gasteiger partial charge in [-0.05, 0) is 30.9 Å². The van der Waals surface area contributed by atoms with Gasteiger partial charge in [-0.25, -0.2) is 9.78 Å². The maximum absolute atomic E-state index is 11.7. The number of esters is 1. The van der Waals surface area contributed by atoms with E-state index >= 15 is 0 Å². The molecule has 0 amide bonds. The second-order valence-corrected chi connectivity index (χ2v) is 4.74. The molecule has 0 aromatic carbocycles. The molecule has 18 heavy (non-hydrogen) atoms. The van der Waals surface area contributed by atoms with Gasteiger partial charge < -0.3 is 15.8 Å². The number of aromatic nitrogens is 1. The number of pyridine rings is 1. The Labute approximate surface area is 108 Å². The summed E-state index contributed by atoms with van der Waals surface area (Å²) in [6.45, 7) is 5.99. The summed E-state index contributed by atoms with van der Waals surface area (Å²) >= 11 is 0. The van der Waals surface area contributed by atoms with E-state index in [9.17, 15) is 4.79 Å². The van der Waals surface area contributed by atoms with Crippen LogP contribution in [-0.2, 0) is 9.53 Å². The van der Waals surface area contributed by atoms with E-state index in [4.69, 9.17) is 10.5 Å². The van der Waals surface area contributed by atoms with Gasteiger partial charge >= 0.3 is 5.97 Å². The summed E-state index contributed by atoms with van der Waals surface area (Å²) in [7, 11) is 1.38. The van der Waals surface area contributed by atoms with Gasteiger partial charge in [0.15, 0.2) is 0 Å². The van der Waals surface area contributed by atoms with Crippen LogP contribution in [0.4, 0.5) is 11.5 Å². The van der Waals surface area contributed by atoms with Crippen LogP contribution in [0.3, 0.4) is 0 Å². The van der Waals surface area contributed by atoms with Crippen molar-refractivity contribution < 1.29 is 9.53 Å². The minimum Gasteiger partial charge on any atom is -0.467 e. The average Bonchev–Trinajstić information content (AvgIpc) is 2.32. The smallest absolute Gasteiger partial charge is 0.328 e. The molecule has 1 aromatic heterocycles. The first-order chi connectivity index (χ1) is 8.45. The van der Waals surface area contributed by atoms with Crippen LogP contribution in [-0.4, -0.2) is 24.1 Å². The van der Waals surface area contributed by atoms with Crippen molar-refractivity contribution in [3.63, 3.8) is 0 Å². The Kier molecular flexibility index (Phi) is 4.95. The molecular formula is C13H21N3O2. The fourth-order valence-corrected chi connectivity index (χ4v) is 1.68. The second-order valence-electron chi connectivity index (χ2n) is 4.74. The molecule has 0 aliphatic carbocycles. The monoisotopic (exact) mass is 251 g/mol. The molecule has 1 aromatic rings. The summed E-state index contributed by atoms with van der Waals surface area (Å²) in [5, 5.41) is 3.06. The number of nitrogens with one attached hydrogen (secondary N) is 1.